The molecule has 4 rings (SSSR count). The normalized spacial score (nSPS) is 15.8. The number of fused-ring (bicyclic) bond motifs is 1. The van der Waals surface area contributed by atoms with E-state index in [1.165, 1.54) is 11.8 Å². The molecule has 2 aromatic carbocycles. The Labute approximate surface area is 158 Å². The van der Waals surface area contributed by atoms with E-state index in [4.69, 9.17) is 4.84 Å². The van der Waals surface area contributed by atoms with Crippen LogP contribution in [0.15, 0.2) is 66.3 Å². The molecule has 0 aliphatic heterocycles. The maximum atomic E-state index is 12.4. The summed E-state index contributed by atoms with van der Waals surface area (Å²) >= 11 is 0. The van der Waals surface area contributed by atoms with Crippen molar-refractivity contribution in [2.45, 2.75) is 38.6 Å². The summed E-state index contributed by atoms with van der Waals surface area (Å²) in [5, 5.41) is 6.57. The molecule has 0 bridgehead atoms. The van der Waals surface area contributed by atoms with Gasteiger partial charge in [-0.2, -0.15) is 0 Å². The van der Waals surface area contributed by atoms with Crippen LogP contribution in [0.3, 0.4) is 0 Å². The van der Waals surface area contributed by atoms with Crippen molar-refractivity contribution in [2.24, 2.45) is 11.1 Å². The second kappa shape index (κ2) is 8.16. The summed E-state index contributed by atoms with van der Waals surface area (Å²) in [7, 11) is 0. The van der Waals surface area contributed by atoms with Gasteiger partial charge in [0.1, 0.15) is 5.71 Å². The first-order chi connectivity index (χ1) is 13.3. The minimum atomic E-state index is -0.210. The quantitative estimate of drug-likeness (QED) is 0.380. The van der Waals surface area contributed by atoms with Gasteiger partial charge < -0.3 is 9.40 Å². The number of hydrogen-bond acceptors (Lipinski definition) is 4. The summed E-state index contributed by atoms with van der Waals surface area (Å²) in [4.78, 5) is 21.9. The van der Waals surface area contributed by atoms with Crippen molar-refractivity contribution in [3.8, 4) is 0 Å². The van der Waals surface area contributed by atoms with Crippen LogP contribution in [0, 0.1) is 5.92 Å². The molecule has 1 saturated carbocycles. The molecule has 1 aliphatic carbocycles. The number of nitrogens with zero attached hydrogens (tertiary/aromatic N) is 3. The molecule has 0 saturated heterocycles. The molecule has 1 fully saturated rings. The minimum Gasteiger partial charge on any atom is -0.331 e. The fourth-order valence-electron chi connectivity index (χ4n) is 3.61. The Morgan fingerprint density at radius 2 is 1.93 bits per heavy atom. The Bertz CT molecular complexity index is 941. The number of benzene rings is 2. The zero-order valence-electron chi connectivity index (χ0n) is 15.3. The highest BCUT2D eigenvalue weighted by molar-refractivity contribution is 6.03. The van der Waals surface area contributed by atoms with Gasteiger partial charge in [-0.3, -0.25) is 0 Å². The van der Waals surface area contributed by atoms with Crippen LogP contribution in [0.5, 0.6) is 0 Å². The third kappa shape index (κ3) is 4.25. The van der Waals surface area contributed by atoms with Crippen LogP contribution >= 0.6 is 0 Å². The van der Waals surface area contributed by atoms with E-state index < -0.39 is 0 Å². The van der Waals surface area contributed by atoms with E-state index in [9.17, 15) is 4.79 Å². The molecular weight excluding hydrogens is 338 g/mol. The zero-order chi connectivity index (χ0) is 18.5. The van der Waals surface area contributed by atoms with Gasteiger partial charge in [-0.1, -0.05) is 60.8 Å². The number of imidazole rings is 1. The predicted molar refractivity (Wildman–Crippen MR) is 105 cm³/mol. The monoisotopic (exact) mass is 361 g/mol. The Morgan fingerprint density at radius 1 is 1.11 bits per heavy atom. The maximum absolute atomic E-state index is 12.4. The molecule has 0 radical (unpaired) electrons. The van der Waals surface area contributed by atoms with Crippen LogP contribution in [0.1, 0.15) is 37.7 Å². The first kappa shape index (κ1) is 17.5. The highest BCUT2D eigenvalue weighted by Crippen LogP contribution is 2.25. The van der Waals surface area contributed by atoms with Crippen LogP contribution in [-0.2, 0) is 16.2 Å². The lowest BCUT2D eigenvalue weighted by molar-refractivity contribution is -0.149. The molecule has 0 N–H and O–H groups in total. The summed E-state index contributed by atoms with van der Waals surface area (Å²) in [6.45, 7) is 0.496. The number of oxime groups is 1. The van der Waals surface area contributed by atoms with Gasteiger partial charge in [-0.05, 0) is 29.7 Å². The Hall–Kier alpha value is -2.95. The average molecular weight is 361 g/mol. The van der Waals surface area contributed by atoms with Gasteiger partial charge >= 0.3 is 5.97 Å². The molecule has 5 heteroatoms. The van der Waals surface area contributed by atoms with E-state index in [0.29, 0.717) is 12.3 Å². The van der Waals surface area contributed by atoms with Crippen LogP contribution in [0.25, 0.3) is 10.8 Å². The zero-order valence-corrected chi connectivity index (χ0v) is 15.3. The molecule has 1 aliphatic rings. The number of hydrogen-bond donors (Lipinski definition) is 0. The second-order valence-electron chi connectivity index (χ2n) is 7.08. The number of aromatic nitrogens is 2. The van der Waals surface area contributed by atoms with E-state index in [0.717, 1.165) is 36.6 Å². The topological polar surface area (TPSA) is 56.5 Å². The third-order valence-corrected chi connectivity index (χ3v) is 5.16. The van der Waals surface area contributed by atoms with Crippen molar-refractivity contribution in [1.82, 2.24) is 9.55 Å². The molecule has 138 valence electrons. The Kier molecular flexibility index (Phi) is 5.28. The molecule has 0 amide bonds. The van der Waals surface area contributed by atoms with Gasteiger partial charge in [0, 0.05) is 18.0 Å². The number of carbonyl (C=O) groups is 1. The standard InChI is InChI=1S/C22H23N3O2/c26-22(18-7-2-1-3-8-18)27-24-21(15-25-13-12-23-16-25)20-11-10-17-6-4-5-9-19(17)14-20/h4-6,9-14,16,18H,1-3,7-8,15H2/b24-21-. The Balaban J connectivity index is 1.60. The average Bonchev–Trinajstić information content (AvgIpc) is 3.24. The van der Waals surface area contributed by atoms with Crippen LogP contribution < -0.4 is 0 Å². The van der Waals surface area contributed by atoms with Gasteiger partial charge in [0.15, 0.2) is 0 Å². The molecule has 3 aromatic rings. The molecule has 5 nitrogen and oxygen atoms in total. The first-order valence-corrected chi connectivity index (χ1v) is 9.52. The molecule has 0 spiro atoms. The number of carbonyl (C=O) groups excluding carboxylic acids is 1. The third-order valence-electron chi connectivity index (χ3n) is 5.16. The SMILES string of the molecule is O=C(O/N=C(/Cn1ccnc1)c1ccc2ccccc2c1)C1CCCCC1. The fourth-order valence-corrected chi connectivity index (χ4v) is 3.61. The van der Waals surface area contributed by atoms with E-state index in [2.05, 4.69) is 34.4 Å². The van der Waals surface area contributed by atoms with E-state index in [-0.39, 0.29) is 11.9 Å². The molecule has 1 heterocycles. The highest BCUT2D eigenvalue weighted by Gasteiger charge is 2.23. The highest BCUT2D eigenvalue weighted by atomic mass is 16.7. The van der Waals surface area contributed by atoms with Gasteiger partial charge in [0.25, 0.3) is 0 Å². The van der Waals surface area contributed by atoms with Gasteiger partial charge in [-0.25, -0.2) is 9.78 Å². The molecular formula is C22H23N3O2. The lowest BCUT2D eigenvalue weighted by atomic mass is 9.89. The van der Waals surface area contributed by atoms with Crippen molar-refractivity contribution < 1.29 is 9.63 Å². The molecule has 1 aromatic heterocycles. The number of rotatable bonds is 5. The lowest BCUT2D eigenvalue weighted by Crippen LogP contribution is -2.20. The van der Waals surface area contributed by atoms with Crippen molar-refractivity contribution in [1.29, 1.82) is 0 Å². The van der Waals surface area contributed by atoms with Gasteiger partial charge in [0.2, 0.25) is 0 Å². The van der Waals surface area contributed by atoms with E-state index in [1.54, 1.807) is 12.5 Å². The van der Waals surface area contributed by atoms with Crippen LogP contribution in [0.2, 0.25) is 0 Å². The van der Waals surface area contributed by atoms with Gasteiger partial charge in [0.05, 0.1) is 18.8 Å². The first-order valence-electron chi connectivity index (χ1n) is 9.52. The largest absolute Gasteiger partial charge is 0.338 e. The predicted octanol–water partition coefficient (Wildman–Crippen LogP) is 4.56. The van der Waals surface area contributed by atoms with Gasteiger partial charge in [-0.15, -0.1) is 0 Å². The van der Waals surface area contributed by atoms with Crippen LogP contribution in [-0.4, -0.2) is 21.2 Å². The van der Waals surface area contributed by atoms with E-state index in [1.807, 2.05) is 29.0 Å². The van der Waals surface area contributed by atoms with Crippen molar-refractivity contribution >= 4 is 22.5 Å². The maximum Gasteiger partial charge on any atom is 0.338 e. The molecule has 0 atom stereocenters. The fraction of sp³-hybridized carbons (Fsp3) is 0.318. The molecule has 0 unspecified atom stereocenters. The van der Waals surface area contributed by atoms with Crippen molar-refractivity contribution in [3.63, 3.8) is 0 Å². The molecule has 27 heavy (non-hydrogen) atoms. The summed E-state index contributed by atoms with van der Waals surface area (Å²) < 4.78 is 1.92. The summed E-state index contributed by atoms with van der Waals surface area (Å²) in [6, 6.07) is 14.4. The summed E-state index contributed by atoms with van der Waals surface area (Å²) in [5.41, 5.74) is 1.65. The van der Waals surface area contributed by atoms with Crippen LogP contribution in [0.4, 0.5) is 0 Å². The van der Waals surface area contributed by atoms with E-state index >= 15 is 0 Å². The lowest BCUT2D eigenvalue weighted by Gasteiger charge is -2.18. The Morgan fingerprint density at radius 3 is 2.70 bits per heavy atom. The second-order valence-corrected chi connectivity index (χ2v) is 7.08. The minimum absolute atomic E-state index is 0.0198. The summed E-state index contributed by atoms with van der Waals surface area (Å²) in [6.07, 6.45) is 10.5. The summed E-state index contributed by atoms with van der Waals surface area (Å²) in [5.74, 6) is -0.229. The van der Waals surface area contributed by atoms with Crippen molar-refractivity contribution in [3.05, 3.63) is 66.7 Å². The smallest absolute Gasteiger partial charge is 0.331 e. The van der Waals surface area contributed by atoms with Crippen molar-refractivity contribution in [2.75, 3.05) is 0 Å².